The lowest BCUT2D eigenvalue weighted by atomic mass is 9.68. The molecule has 19 N–H and O–H groups in total. The molecule has 0 aliphatic heterocycles. The molecule has 0 aromatic heterocycles. The predicted octanol–water partition coefficient (Wildman–Crippen LogP) is 24.9. The number of hydrogen-bond acceptors (Lipinski definition) is 17. The van der Waals surface area contributed by atoms with Gasteiger partial charge in [0.25, 0.3) is 0 Å². The first-order valence-corrected chi connectivity index (χ1v) is 44.2. The van der Waals surface area contributed by atoms with Crippen LogP contribution in [0.2, 0.25) is 0 Å². The fourth-order valence-electron chi connectivity index (χ4n) is 16.6. The van der Waals surface area contributed by atoms with E-state index in [9.17, 15) is 10.2 Å². The Morgan fingerprint density at radius 3 is 0.726 bits per heavy atom. The Labute approximate surface area is 801 Å². The van der Waals surface area contributed by atoms with Crippen molar-refractivity contribution in [1.29, 1.82) is 26.3 Å². The fraction of sp³-hybridized carbons (Fsp3) is 0.195. The molecule has 0 radical (unpaired) electrons. The van der Waals surface area contributed by atoms with E-state index >= 15 is 0 Å². The van der Waals surface area contributed by atoms with Gasteiger partial charge < -0.3 is 66.3 Å². The smallest absolute Gasteiger partial charge is 0.122 e. The largest absolute Gasteiger partial charge is 0.508 e. The zero-order valence-electron chi connectivity index (χ0n) is 81.0. The number of aryl methyl sites for hydroxylation is 4. The summed E-state index contributed by atoms with van der Waals surface area (Å²) in [4.78, 5) is 2.14. The van der Waals surface area contributed by atoms with E-state index in [1.165, 1.54) is 136 Å². The van der Waals surface area contributed by atoms with E-state index in [1.807, 2.05) is 117 Å². The van der Waals surface area contributed by atoms with Crippen LogP contribution < -0.4 is 56.1 Å². The summed E-state index contributed by atoms with van der Waals surface area (Å²) >= 11 is 0. The van der Waals surface area contributed by atoms with Crippen molar-refractivity contribution in [3.63, 3.8) is 0 Å². The molecule has 0 fully saturated rings. The van der Waals surface area contributed by atoms with Crippen molar-refractivity contribution in [2.24, 2.45) is 0 Å². The molecule has 690 valence electrons. The van der Waals surface area contributed by atoms with Gasteiger partial charge in [-0.2, -0.15) is 26.3 Å². The van der Waals surface area contributed by atoms with Gasteiger partial charge in [0.15, 0.2) is 0 Å². The highest BCUT2D eigenvalue weighted by Gasteiger charge is 2.39. The zero-order valence-corrected chi connectivity index (χ0v) is 81.0. The van der Waals surface area contributed by atoms with Crippen LogP contribution in [-0.2, 0) is 33.6 Å². The monoisotopic (exact) mass is 1790 g/mol. The Morgan fingerprint density at radius 2 is 0.474 bits per heavy atom. The van der Waals surface area contributed by atoms with Gasteiger partial charge in [0.05, 0.1) is 30.3 Å². The lowest BCUT2D eigenvalue weighted by Gasteiger charge is -2.34. The minimum atomic E-state index is -0.767. The van der Waals surface area contributed by atoms with Crippen LogP contribution >= 0.6 is 0 Å². The maximum atomic E-state index is 10.5. The molecular formula is C118H131N15O2. The lowest BCUT2D eigenvalue weighted by Crippen LogP contribution is -2.27. The maximum absolute atomic E-state index is 10.5. The number of hydrogen-bond donors (Lipinski definition) is 11. The van der Waals surface area contributed by atoms with Gasteiger partial charge in [-0.3, -0.25) is 0 Å². The molecule has 15 rings (SSSR count). The van der Waals surface area contributed by atoms with Gasteiger partial charge in [0.1, 0.15) is 11.5 Å². The van der Waals surface area contributed by atoms with E-state index in [4.69, 9.17) is 72.2 Å². The van der Waals surface area contributed by atoms with Crippen molar-refractivity contribution in [3.05, 3.63) is 469 Å². The number of phenolic OH excluding ortho intramolecular Hbond substituents is 2. The van der Waals surface area contributed by atoms with E-state index < -0.39 is 5.41 Å². The minimum absolute atomic E-state index is 0.0811. The molecule has 0 aliphatic carbocycles. The Bertz CT molecular complexity index is 6020. The second kappa shape index (κ2) is 51.8. The number of nitrogens with one attached hydrogen (secondary N) is 1. The Hall–Kier alpha value is -16.5. The van der Waals surface area contributed by atoms with Crippen molar-refractivity contribution >= 4 is 51.2 Å². The van der Waals surface area contributed by atoms with E-state index in [2.05, 4.69) is 298 Å². The first-order valence-electron chi connectivity index (χ1n) is 44.2. The normalized spacial score (nSPS) is 10.8. The van der Waals surface area contributed by atoms with Gasteiger partial charge >= 0.3 is 0 Å². The molecule has 0 bridgehead atoms. The van der Waals surface area contributed by atoms with E-state index in [0.29, 0.717) is 22.5 Å². The summed E-state index contributed by atoms with van der Waals surface area (Å²) in [5.74, 6) is 0.162. The Balaban J connectivity index is 0.000000250. The summed E-state index contributed by atoms with van der Waals surface area (Å²) in [5.41, 5.74) is 75.7. The molecule has 0 spiro atoms. The number of aromatic hydroxyl groups is 2. The first-order chi connectivity index (χ1) is 64.5. The van der Waals surface area contributed by atoms with Crippen LogP contribution in [0.25, 0.3) is 0 Å². The molecule has 0 saturated heterocycles. The van der Waals surface area contributed by atoms with Crippen LogP contribution in [0.1, 0.15) is 181 Å². The first kappa shape index (κ1) is 107. The SMILES string of the molecule is CC#N.CC#N.CC#N.CC#N.CC#N.CC(c1ccccc1)(c1ccc(N)cc1)c1ccc(N)cc1.CC(c1ccccc1)(c1ccc(N)cc1O)c1ccc(N)cc1O.CNCc1ccc(C(C)(c2ccccc2)c2ccc(N(C)C)cc2)cc1.Cc1cc(C(C)(c2ccccc2)c2ccc(N)c(C)c2)ccc1N.Cc1cc(N)ccc1C(C)(c1ccccc1)c1ccc(N)cc1C. The average Bonchev–Trinajstić information content (AvgIpc) is 0.753. The molecule has 17 heteroatoms. The maximum Gasteiger partial charge on any atom is 0.122 e. The average molecular weight is 1790 g/mol. The molecule has 15 aromatic carbocycles. The number of nitriles is 5. The summed E-state index contributed by atoms with van der Waals surface area (Å²) in [5, 5.41) is 60.8. The van der Waals surface area contributed by atoms with Crippen molar-refractivity contribution < 1.29 is 10.2 Å². The minimum Gasteiger partial charge on any atom is -0.508 e. The van der Waals surface area contributed by atoms with Crippen molar-refractivity contribution in [1.82, 2.24) is 5.32 Å². The van der Waals surface area contributed by atoms with E-state index in [1.54, 1.807) is 54.6 Å². The topological polar surface area (TPSA) is 383 Å². The van der Waals surface area contributed by atoms with Crippen LogP contribution in [0.15, 0.2) is 358 Å². The second-order valence-electron chi connectivity index (χ2n) is 33.3. The van der Waals surface area contributed by atoms with Crippen LogP contribution in [0.5, 0.6) is 11.5 Å². The van der Waals surface area contributed by atoms with Gasteiger partial charge in [0, 0.05) is 157 Å². The van der Waals surface area contributed by atoms with Gasteiger partial charge in [-0.25, -0.2) is 0 Å². The van der Waals surface area contributed by atoms with Gasteiger partial charge in [-0.05, 0) is 254 Å². The standard InChI is InChI=1S/C24H28N2.2C22H24N2.C20H20N2O2.C20H20N2.5C2H3N/c1-24(20-8-6-5-7-9-20,21-12-10-19(11-13-21)18-25-2)22-14-16-23(17-15-22)26(3)4;1-15-13-18(23)9-11-20(15)22(3,17-7-5-4-6-8-17)21-12-10-19(24)14-16(21)2;1-15-13-18(9-11-20(15)23)22(3,17-7-5-4-6-8-17)19-10-12-21(24)16(2)14-19;1-20(13-5-3-2-4-6-13,16-9-7-14(21)11-18(16)23)17-10-8-15(22)12-19(17)24;1-20(15-5-3-2-4-6-15,16-7-11-18(21)12-8-16)17-9-13-19(22)14-10-17;5*1-2-3/h5-17,25H,18H2,1-4H3;2*4-14H,23-24H2,1-3H3;2-12,23-24H,21-22H2,1H3;2-14H,21-22H2,1H3;5*1H3. The quantitative estimate of drug-likeness (QED) is 0.0281. The van der Waals surface area contributed by atoms with Crippen molar-refractivity contribution in [3.8, 4) is 41.8 Å². The molecule has 15 aromatic rings. The van der Waals surface area contributed by atoms with E-state index in [0.717, 1.165) is 57.4 Å². The molecule has 17 nitrogen and oxygen atoms in total. The molecule has 0 heterocycles. The van der Waals surface area contributed by atoms with Crippen LogP contribution in [0, 0.1) is 84.4 Å². The molecule has 135 heavy (non-hydrogen) atoms. The molecule has 0 amide bonds. The van der Waals surface area contributed by atoms with Crippen LogP contribution in [-0.4, -0.2) is 31.4 Å². The number of nitrogens with zero attached hydrogens (tertiary/aromatic N) is 6. The number of nitrogen functional groups attached to an aromatic ring is 8. The van der Waals surface area contributed by atoms with Crippen molar-refractivity contribution in [2.75, 3.05) is 71.9 Å². The highest BCUT2D eigenvalue weighted by Crippen LogP contribution is 2.49. The third kappa shape index (κ3) is 27.6. The van der Waals surface area contributed by atoms with Gasteiger partial charge in [0.2, 0.25) is 0 Å². The molecular weight excluding hydrogens is 1660 g/mol. The second-order valence-corrected chi connectivity index (χ2v) is 33.3. The Kier molecular flexibility index (Phi) is 41.1. The molecule has 1 atom stereocenters. The summed E-state index contributed by atoms with van der Waals surface area (Å²) in [7, 11) is 6.13. The zero-order chi connectivity index (χ0) is 99.6. The van der Waals surface area contributed by atoms with Gasteiger partial charge in [-0.15, -0.1) is 0 Å². The number of benzene rings is 15. The van der Waals surface area contributed by atoms with E-state index in [-0.39, 0.29) is 33.2 Å². The molecule has 1 unspecified atom stereocenters. The predicted molar refractivity (Wildman–Crippen MR) is 566 cm³/mol. The molecule has 0 saturated carbocycles. The van der Waals surface area contributed by atoms with Crippen LogP contribution in [0.3, 0.4) is 0 Å². The third-order valence-corrected chi connectivity index (χ3v) is 24.0. The highest BCUT2D eigenvalue weighted by atomic mass is 16.3. The van der Waals surface area contributed by atoms with Crippen molar-refractivity contribution in [2.45, 2.75) is 131 Å². The highest BCUT2D eigenvalue weighted by molar-refractivity contribution is 5.66. The third-order valence-electron chi connectivity index (χ3n) is 24.0. The van der Waals surface area contributed by atoms with Gasteiger partial charge in [-0.1, -0.05) is 261 Å². The molecule has 0 aliphatic rings. The fourth-order valence-corrected chi connectivity index (χ4v) is 16.6. The number of nitrogens with two attached hydrogens (primary N) is 8. The number of rotatable bonds is 18. The lowest BCUT2D eigenvalue weighted by molar-refractivity contribution is 0.442. The number of phenols is 2. The number of anilines is 9. The van der Waals surface area contributed by atoms with Crippen LogP contribution in [0.4, 0.5) is 51.2 Å². The summed E-state index contributed by atoms with van der Waals surface area (Å²) in [6.45, 7) is 27.5. The summed E-state index contributed by atoms with van der Waals surface area (Å²) in [6.07, 6.45) is 0. The summed E-state index contributed by atoms with van der Waals surface area (Å²) < 4.78 is 0. The summed E-state index contributed by atoms with van der Waals surface area (Å²) in [6, 6.07) is 130. The Morgan fingerprint density at radius 1 is 0.259 bits per heavy atom.